The molecule has 3 aliphatic heterocycles. The van der Waals surface area contributed by atoms with Gasteiger partial charge in [-0.1, -0.05) is 37.3 Å². The molecule has 4 aliphatic rings. The minimum absolute atomic E-state index is 0.0472. The van der Waals surface area contributed by atoms with Crippen LogP contribution >= 0.6 is 0 Å². The van der Waals surface area contributed by atoms with E-state index in [9.17, 15) is 9.59 Å². The lowest BCUT2D eigenvalue weighted by molar-refractivity contribution is -0.264. The minimum atomic E-state index is -1.36. The molecule has 0 aromatic heterocycles. The van der Waals surface area contributed by atoms with Crippen molar-refractivity contribution in [2.75, 3.05) is 34.7 Å². The molecule has 9 atom stereocenters. The summed E-state index contributed by atoms with van der Waals surface area (Å²) in [6.07, 6.45) is -2.73. The Balaban J connectivity index is 1.64. The fourth-order valence-corrected chi connectivity index (χ4v) is 6.77. The van der Waals surface area contributed by atoms with Crippen molar-refractivity contribution >= 4 is 11.9 Å². The standard InChI is InChI=1S/C26H34O10/c1-24-11-17-25(2,35-17)26(20(22(28)31-5)32-12-15-9-7-6-8-10-15)19(24)18(33-14-30-4)23(36-26)34-21(27)16(24)13-29-3/h6-10,16-20,23H,11-14H2,1-5H3/t16-,17-,18+,19-,20+,23?,24+,25-,26+/m0/s1. The zero-order valence-corrected chi connectivity index (χ0v) is 21.3. The van der Waals surface area contributed by atoms with E-state index in [-0.39, 0.29) is 26.1 Å². The van der Waals surface area contributed by atoms with Gasteiger partial charge < -0.3 is 37.9 Å². The Kier molecular flexibility index (Phi) is 6.63. The van der Waals surface area contributed by atoms with E-state index in [4.69, 9.17) is 37.9 Å². The molecule has 1 aromatic carbocycles. The van der Waals surface area contributed by atoms with Crippen LogP contribution in [0.1, 0.15) is 25.8 Å². The van der Waals surface area contributed by atoms with Gasteiger partial charge in [0.05, 0.1) is 32.3 Å². The molecule has 198 valence electrons. The lowest BCUT2D eigenvalue weighted by Gasteiger charge is -2.54. The summed E-state index contributed by atoms with van der Waals surface area (Å²) >= 11 is 0. The van der Waals surface area contributed by atoms with E-state index in [0.29, 0.717) is 6.42 Å². The molecule has 10 heteroatoms. The molecular weight excluding hydrogens is 472 g/mol. The maximum Gasteiger partial charge on any atom is 0.338 e. The van der Waals surface area contributed by atoms with Crippen molar-refractivity contribution in [2.45, 2.75) is 62.7 Å². The minimum Gasteiger partial charge on any atom is -0.467 e. The SMILES string of the molecule is COCO[C@H]1C2OC(=O)[C@H](COC)[C@@]3(C)C[C@@H]4O[C@]4(C)[C@@]([C@H](OCc4ccccc4)C(=O)OC)(O2)[C@@H]13. The van der Waals surface area contributed by atoms with Crippen molar-refractivity contribution in [3.8, 4) is 0 Å². The number of carbonyl (C=O) groups excluding carboxylic acids is 2. The number of hydrogen-bond acceptors (Lipinski definition) is 10. The molecule has 1 saturated carbocycles. The maximum atomic E-state index is 13.4. The quantitative estimate of drug-likeness (QED) is 0.265. The number of rotatable bonds is 10. The van der Waals surface area contributed by atoms with Crippen molar-refractivity contribution in [1.29, 1.82) is 0 Å². The number of hydrogen-bond donors (Lipinski definition) is 0. The molecule has 1 aliphatic carbocycles. The molecule has 0 N–H and O–H groups in total. The Hall–Kier alpha value is -2.08. The number of fused-ring (bicyclic) bond motifs is 3. The molecule has 10 nitrogen and oxygen atoms in total. The average molecular weight is 507 g/mol. The summed E-state index contributed by atoms with van der Waals surface area (Å²) in [6, 6.07) is 9.53. The fraction of sp³-hybridized carbons (Fsp3) is 0.692. The van der Waals surface area contributed by atoms with Gasteiger partial charge in [0, 0.05) is 20.1 Å². The Morgan fingerprint density at radius 2 is 1.86 bits per heavy atom. The maximum absolute atomic E-state index is 13.4. The van der Waals surface area contributed by atoms with Crippen LogP contribution in [0.4, 0.5) is 0 Å². The molecule has 1 unspecified atom stereocenters. The first-order valence-electron chi connectivity index (χ1n) is 12.2. The first-order valence-corrected chi connectivity index (χ1v) is 12.2. The molecular formula is C26H34O10. The van der Waals surface area contributed by atoms with Crippen LogP contribution in [-0.2, 0) is 54.1 Å². The smallest absolute Gasteiger partial charge is 0.338 e. The van der Waals surface area contributed by atoms with E-state index in [1.165, 1.54) is 14.2 Å². The van der Waals surface area contributed by atoms with Crippen molar-refractivity contribution < 1.29 is 47.5 Å². The highest BCUT2D eigenvalue weighted by molar-refractivity contribution is 5.79. The van der Waals surface area contributed by atoms with Crippen LogP contribution in [0.2, 0.25) is 0 Å². The van der Waals surface area contributed by atoms with E-state index in [1.807, 2.05) is 44.2 Å². The summed E-state index contributed by atoms with van der Waals surface area (Å²) in [4.78, 5) is 26.7. The van der Waals surface area contributed by atoms with Gasteiger partial charge in [-0.25, -0.2) is 4.79 Å². The molecule has 3 heterocycles. The highest BCUT2D eigenvalue weighted by atomic mass is 16.8. The third kappa shape index (κ3) is 3.61. The van der Waals surface area contributed by atoms with Crippen molar-refractivity contribution in [2.24, 2.45) is 17.3 Å². The molecule has 0 spiro atoms. The Morgan fingerprint density at radius 3 is 2.53 bits per heavy atom. The Labute approximate surface area is 210 Å². The Bertz CT molecular complexity index is 986. The van der Waals surface area contributed by atoms with Gasteiger partial charge in [-0.05, 0) is 24.3 Å². The lowest BCUT2D eigenvalue weighted by atomic mass is 9.51. The normalized spacial score (nSPS) is 41.1. The summed E-state index contributed by atoms with van der Waals surface area (Å²) in [5.41, 5.74) is -2.13. The van der Waals surface area contributed by atoms with E-state index in [2.05, 4.69) is 0 Å². The van der Waals surface area contributed by atoms with Crippen LogP contribution in [0.15, 0.2) is 30.3 Å². The second-order valence-electron chi connectivity index (χ2n) is 10.4. The molecule has 1 aromatic rings. The van der Waals surface area contributed by atoms with Gasteiger partial charge in [-0.2, -0.15) is 0 Å². The van der Waals surface area contributed by atoms with Crippen LogP contribution < -0.4 is 0 Å². The van der Waals surface area contributed by atoms with Crippen molar-refractivity contribution in [3.05, 3.63) is 35.9 Å². The zero-order chi connectivity index (χ0) is 25.7. The van der Waals surface area contributed by atoms with Crippen molar-refractivity contribution in [3.63, 3.8) is 0 Å². The van der Waals surface area contributed by atoms with Crippen molar-refractivity contribution in [1.82, 2.24) is 0 Å². The number of methoxy groups -OCH3 is 3. The van der Waals surface area contributed by atoms with Gasteiger partial charge in [0.2, 0.25) is 6.29 Å². The molecule has 0 radical (unpaired) electrons. The lowest BCUT2D eigenvalue weighted by Crippen LogP contribution is -2.70. The molecule has 0 amide bonds. The highest BCUT2D eigenvalue weighted by Gasteiger charge is 2.86. The summed E-state index contributed by atoms with van der Waals surface area (Å²) < 4.78 is 47.1. The van der Waals surface area contributed by atoms with E-state index >= 15 is 0 Å². The summed E-state index contributed by atoms with van der Waals surface area (Å²) in [7, 11) is 4.37. The summed E-state index contributed by atoms with van der Waals surface area (Å²) in [5.74, 6) is -2.21. The van der Waals surface area contributed by atoms with Gasteiger partial charge in [0.1, 0.15) is 24.1 Å². The van der Waals surface area contributed by atoms with E-state index in [0.717, 1.165) is 5.56 Å². The molecule has 3 saturated heterocycles. The second-order valence-corrected chi connectivity index (χ2v) is 10.4. The van der Waals surface area contributed by atoms with Crippen LogP contribution in [0, 0.1) is 17.3 Å². The number of epoxide rings is 1. The number of benzene rings is 1. The topological polar surface area (TPSA) is 111 Å². The first kappa shape index (κ1) is 25.6. The van der Waals surface area contributed by atoms with Crippen LogP contribution in [0.5, 0.6) is 0 Å². The largest absolute Gasteiger partial charge is 0.467 e. The molecule has 2 bridgehead atoms. The number of carbonyl (C=O) groups is 2. The third-order valence-electron chi connectivity index (χ3n) is 8.51. The van der Waals surface area contributed by atoms with E-state index < -0.39 is 58.9 Å². The number of ether oxygens (including phenoxy) is 8. The Morgan fingerprint density at radius 1 is 1.11 bits per heavy atom. The fourth-order valence-electron chi connectivity index (χ4n) is 6.77. The van der Waals surface area contributed by atoms with Gasteiger partial charge in [-0.15, -0.1) is 0 Å². The third-order valence-corrected chi connectivity index (χ3v) is 8.51. The van der Waals surface area contributed by atoms with Crippen LogP contribution in [0.3, 0.4) is 0 Å². The molecule has 5 rings (SSSR count). The summed E-state index contributed by atoms with van der Waals surface area (Å²) in [6.45, 7) is 4.14. The second kappa shape index (κ2) is 9.34. The zero-order valence-electron chi connectivity index (χ0n) is 21.3. The predicted octanol–water partition coefficient (Wildman–Crippen LogP) is 1.83. The molecule has 4 fully saturated rings. The van der Waals surface area contributed by atoms with Gasteiger partial charge >= 0.3 is 11.9 Å². The average Bonchev–Trinajstić information content (AvgIpc) is 3.43. The molecule has 36 heavy (non-hydrogen) atoms. The van der Waals surface area contributed by atoms with Gasteiger partial charge in [-0.3, -0.25) is 4.79 Å². The monoisotopic (exact) mass is 506 g/mol. The number of esters is 2. The highest BCUT2D eigenvalue weighted by Crippen LogP contribution is 2.71. The first-order chi connectivity index (χ1) is 17.3. The van der Waals surface area contributed by atoms with Crippen LogP contribution in [0.25, 0.3) is 0 Å². The van der Waals surface area contributed by atoms with Gasteiger partial charge in [0.15, 0.2) is 6.10 Å². The summed E-state index contributed by atoms with van der Waals surface area (Å²) in [5, 5.41) is 0. The van der Waals surface area contributed by atoms with Crippen LogP contribution in [-0.4, -0.2) is 82.5 Å². The predicted molar refractivity (Wildman–Crippen MR) is 122 cm³/mol. The van der Waals surface area contributed by atoms with Gasteiger partial charge in [0.25, 0.3) is 0 Å². The van der Waals surface area contributed by atoms with E-state index in [1.54, 1.807) is 7.11 Å².